The van der Waals surface area contributed by atoms with E-state index >= 15 is 0 Å². The predicted molar refractivity (Wildman–Crippen MR) is 74.0 cm³/mol. The average molecular weight is 241 g/mol. The van der Waals surface area contributed by atoms with Gasteiger partial charge in [-0.3, -0.25) is 0 Å². The third kappa shape index (κ3) is 3.19. The van der Waals surface area contributed by atoms with Gasteiger partial charge in [-0.25, -0.2) is 0 Å². The zero-order chi connectivity index (χ0) is 12.8. The van der Waals surface area contributed by atoms with Gasteiger partial charge in [0.2, 0.25) is 0 Å². The highest BCUT2D eigenvalue weighted by molar-refractivity contribution is 5.26. The second-order valence-electron chi connectivity index (χ2n) is 4.34. The van der Waals surface area contributed by atoms with Crippen LogP contribution in [0.1, 0.15) is 29.7 Å². The van der Waals surface area contributed by atoms with Crippen molar-refractivity contribution in [2.45, 2.75) is 26.2 Å². The first-order valence-corrected chi connectivity index (χ1v) is 6.24. The van der Waals surface area contributed by atoms with Gasteiger partial charge in [-0.05, 0) is 23.6 Å². The fourth-order valence-electron chi connectivity index (χ4n) is 1.93. The Balaban J connectivity index is 1.99. The topological polar surface area (TPSA) is 35.2 Å². The highest BCUT2D eigenvalue weighted by Crippen LogP contribution is 2.19. The zero-order valence-corrected chi connectivity index (χ0v) is 10.7. The summed E-state index contributed by atoms with van der Waals surface area (Å²) in [7, 11) is 0. The van der Waals surface area contributed by atoms with E-state index in [1.165, 1.54) is 11.1 Å². The van der Waals surface area contributed by atoms with Gasteiger partial charge in [-0.15, -0.1) is 0 Å². The van der Waals surface area contributed by atoms with Crippen molar-refractivity contribution in [2.24, 2.45) is 5.73 Å². The molecule has 0 fully saturated rings. The maximum Gasteiger partial charge on any atom is 0.0801 e. The van der Waals surface area contributed by atoms with Crippen molar-refractivity contribution in [1.29, 1.82) is 0 Å². The highest BCUT2D eigenvalue weighted by atomic mass is 16.5. The summed E-state index contributed by atoms with van der Waals surface area (Å²) >= 11 is 0. The van der Waals surface area contributed by atoms with Crippen molar-refractivity contribution < 1.29 is 4.74 Å². The van der Waals surface area contributed by atoms with Crippen LogP contribution in [0.3, 0.4) is 0 Å². The molecule has 0 saturated heterocycles. The van der Waals surface area contributed by atoms with E-state index in [1.54, 1.807) is 0 Å². The molecule has 18 heavy (non-hydrogen) atoms. The molecule has 0 aliphatic carbocycles. The summed E-state index contributed by atoms with van der Waals surface area (Å²) < 4.78 is 5.90. The quantitative estimate of drug-likeness (QED) is 0.870. The summed E-state index contributed by atoms with van der Waals surface area (Å²) in [6, 6.07) is 18.4. The summed E-state index contributed by atoms with van der Waals surface area (Å²) in [6.45, 7) is 3.23. The van der Waals surface area contributed by atoms with Crippen LogP contribution in [0.5, 0.6) is 0 Å². The third-order valence-corrected chi connectivity index (χ3v) is 3.10. The predicted octanol–water partition coefficient (Wildman–Crippen LogP) is 3.42. The summed E-state index contributed by atoms with van der Waals surface area (Å²) in [5.41, 5.74) is 9.23. The molecule has 0 bridgehead atoms. The second kappa shape index (κ2) is 6.34. The molecule has 1 unspecified atom stereocenters. The number of nitrogens with two attached hydrogens (primary N) is 1. The maximum atomic E-state index is 5.90. The van der Waals surface area contributed by atoms with E-state index in [-0.39, 0.29) is 6.10 Å². The molecule has 0 saturated carbocycles. The number of hydrogen-bond acceptors (Lipinski definition) is 2. The summed E-state index contributed by atoms with van der Waals surface area (Å²) in [5, 5.41) is 0. The zero-order valence-electron chi connectivity index (χ0n) is 10.7. The van der Waals surface area contributed by atoms with Crippen LogP contribution in [0.2, 0.25) is 0 Å². The molecule has 0 radical (unpaired) electrons. The van der Waals surface area contributed by atoms with Gasteiger partial charge in [-0.2, -0.15) is 0 Å². The molecule has 0 aliphatic rings. The Morgan fingerprint density at radius 1 is 0.944 bits per heavy atom. The Bertz CT molecular complexity index is 481. The second-order valence-corrected chi connectivity index (χ2v) is 4.34. The number of ether oxygens (including phenoxy) is 1. The Morgan fingerprint density at radius 3 is 2.22 bits per heavy atom. The molecule has 0 spiro atoms. The molecule has 2 heteroatoms. The van der Waals surface area contributed by atoms with Crippen LogP contribution in [-0.4, -0.2) is 0 Å². The first-order chi connectivity index (χ1) is 8.81. The number of benzene rings is 2. The molecule has 2 rings (SSSR count). The first-order valence-electron chi connectivity index (χ1n) is 6.24. The average Bonchev–Trinajstić information content (AvgIpc) is 2.46. The summed E-state index contributed by atoms with van der Waals surface area (Å²) in [4.78, 5) is 0. The summed E-state index contributed by atoms with van der Waals surface area (Å²) in [5.74, 6) is 0. The van der Waals surface area contributed by atoms with Crippen molar-refractivity contribution in [3.8, 4) is 0 Å². The van der Waals surface area contributed by atoms with E-state index in [9.17, 15) is 0 Å². The van der Waals surface area contributed by atoms with Gasteiger partial charge >= 0.3 is 0 Å². The summed E-state index contributed by atoms with van der Waals surface area (Å²) in [6.07, 6.45) is 0.0945. The smallest absolute Gasteiger partial charge is 0.0801 e. The molecule has 2 N–H and O–H groups in total. The first kappa shape index (κ1) is 12.8. The lowest BCUT2D eigenvalue weighted by Gasteiger charge is -2.15. The van der Waals surface area contributed by atoms with Crippen LogP contribution >= 0.6 is 0 Å². The normalized spacial score (nSPS) is 12.3. The monoisotopic (exact) mass is 241 g/mol. The molecule has 2 aromatic rings. The van der Waals surface area contributed by atoms with E-state index in [0.29, 0.717) is 13.2 Å². The minimum atomic E-state index is 0.0945. The number of hydrogen-bond donors (Lipinski definition) is 1. The van der Waals surface area contributed by atoms with Gasteiger partial charge in [0.25, 0.3) is 0 Å². The van der Waals surface area contributed by atoms with Gasteiger partial charge in [0, 0.05) is 6.54 Å². The number of rotatable bonds is 5. The van der Waals surface area contributed by atoms with Crippen molar-refractivity contribution >= 4 is 0 Å². The lowest BCUT2D eigenvalue weighted by atomic mass is 10.1. The molecule has 0 amide bonds. The van der Waals surface area contributed by atoms with Crippen molar-refractivity contribution in [3.63, 3.8) is 0 Å². The molecular weight excluding hydrogens is 222 g/mol. The van der Waals surface area contributed by atoms with E-state index in [2.05, 4.69) is 25.1 Å². The molecule has 2 aromatic carbocycles. The molecule has 0 aliphatic heterocycles. The standard InChI is InChI=1S/C16H19NO/c1-13(14-7-3-2-4-8-14)18-12-16-10-6-5-9-15(16)11-17/h2-10,13H,11-12,17H2,1H3. The van der Waals surface area contributed by atoms with Gasteiger partial charge in [0.1, 0.15) is 0 Å². The minimum absolute atomic E-state index is 0.0945. The molecule has 94 valence electrons. The van der Waals surface area contributed by atoms with Crippen LogP contribution in [0, 0.1) is 0 Å². The Labute approximate surface area is 108 Å². The van der Waals surface area contributed by atoms with E-state index in [4.69, 9.17) is 10.5 Å². The Kier molecular flexibility index (Phi) is 4.51. The van der Waals surface area contributed by atoms with E-state index < -0.39 is 0 Å². The largest absolute Gasteiger partial charge is 0.369 e. The lowest BCUT2D eigenvalue weighted by molar-refractivity contribution is 0.0521. The molecule has 2 nitrogen and oxygen atoms in total. The van der Waals surface area contributed by atoms with Crippen molar-refractivity contribution in [3.05, 3.63) is 71.3 Å². The van der Waals surface area contributed by atoms with Crippen LogP contribution in [-0.2, 0) is 17.9 Å². The Morgan fingerprint density at radius 2 is 1.56 bits per heavy atom. The SMILES string of the molecule is CC(OCc1ccccc1CN)c1ccccc1. The Hall–Kier alpha value is -1.64. The fourth-order valence-corrected chi connectivity index (χ4v) is 1.93. The van der Waals surface area contributed by atoms with Gasteiger partial charge < -0.3 is 10.5 Å². The van der Waals surface area contributed by atoms with Gasteiger partial charge in [0.15, 0.2) is 0 Å². The van der Waals surface area contributed by atoms with Crippen molar-refractivity contribution in [2.75, 3.05) is 0 Å². The van der Waals surface area contributed by atoms with Gasteiger partial charge in [-0.1, -0.05) is 54.6 Å². The maximum absolute atomic E-state index is 5.90. The van der Waals surface area contributed by atoms with Crippen LogP contribution in [0.15, 0.2) is 54.6 Å². The van der Waals surface area contributed by atoms with Crippen LogP contribution in [0.25, 0.3) is 0 Å². The minimum Gasteiger partial charge on any atom is -0.369 e. The van der Waals surface area contributed by atoms with Gasteiger partial charge in [0.05, 0.1) is 12.7 Å². The molecule has 0 aromatic heterocycles. The van der Waals surface area contributed by atoms with Crippen molar-refractivity contribution in [1.82, 2.24) is 0 Å². The van der Waals surface area contributed by atoms with Crippen LogP contribution < -0.4 is 5.73 Å². The third-order valence-electron chi connectivity index (χ3n) is 3.10. The molecule has 0 heterocycles. The van der Waals surface area contributed by atoms with E-state index in [0.717, 1.165) is 5.56 Å². The lowest BCUT2D eigenvalue weighted by Crippen LogP contribution is -2.05. The fraction of sp³-hybridized carbons (Fsp3) is 0.250. The van der Waals surface area contributed by atoms with E-state index in [1.807, 2.05) is 36.4 Å². The highest BCUT2D eigenvalue weighted by Gasteiger charge is 2.06. The van der Waals surface area contributed by atoms with Crippen LogP contribution in [0.4, 0.5) is 0 Å². The molecule has 1 atom stereocenters. The molecular formula is C16H19NO.